The van der Waals surface area contributed by atoms with Crippen LogP contribution < -0.4 is 0 Å². The molecule has 1 aliphatic carbocycles. The second-order valence-electron chi connectivity index (χ2n) is 5.55. The lowest BCUT2D eigenvalue weighted by Crippen LogP contribution is -2.49. The van der Waals surface area contributed by atoms with Gasteiger partial charge in [-0.15, -0.1) is 0 Å². The average molecular weight is 370 g/mol. The maximum Gasteiger partial charge on any atom is 0.253 e. The van der Waals surface area contributed by atoms with E-state index >= 15 is 0 Å². The van der Waals surface area contributed by atoms with Crippen LogP contribution >= 0.6 is 22.6 Å². The van der Waals surface area contributed by atoms with Gasteiger partial charge in [-0.3, -0.25) is 9.69 Å². The highest BCUT2D eigenvalue weighted by molar-refractivity contribution is 14.1. The van der Waals surface area contributed by atoms with E-state index in [-0.39, 0.29) is 5.91 Å². The van der Waals surface area contributed by atoms with Crippen molar-refractivity contribution in [3.63, 3.8) is 0 Å². The van der Waals surface area contributed by atoms with Gasteiger partial charge in [0.1, 0.15) is 0 Å². The van der Waals surface area contributed by atoms with Crippen LogP contribution in [0.3, 0.4) is 0 Å². The monoisotopic (exact) mass is 370 g/mol. The molecule has 4 heteroatoms. The summed E-state index contributed by atoms with van der Waals surface area (Å²) in [5, 5.41) is 0. The molecule has 1 aromatic rings. The number of hydrogen-bond donors (Lipinski definition) is 0. The van der Waals surface area contributed by atoms with Crippen molar-refractivity contribution in [1.29, 1.82) is 0 Å². The van der Waals surface area contributed by atoms with Gasteiger partial charge in [0.05, 0.1) is 0 Å². The summed E-state index contributed by atoms with van der Waals surface area (Å²) >= 11 is 2.25. The minimum absolute atomic E-state index is 0.185. The van der Waals surface area contributed by atoms with Gasteiger partial charge in [-0.05, 0) is 59.5 Å². The first-order valence-electron chi connectivity index (χ1n) is 6.99. The zero-order chi connectivity index (χ0) is 13.2. The van der Waals surface area contributed by atoms with Crippen molar-refractivity contribution >= 4 is 28.5 Å². The Kier molecular flexibility index (Phi) is 4.07. The molecule has 1 aromatic carbocycles. The largest absolute Gasteiger partial charge is 0.336 e. The zero-order valence-corrected chi connectivity index (χ0v) is 13.2. The average Bonchev–Trinajstić information content (AvgIpc) is 3.23. The van der Waals surface area contributed by atoms with E-state index in [0.717, 1.165) is 41.2 Å². The molecular weight excluding hydrogens is 351 g/mol. The summed E-state index contributed by atoms with van der Waals surface area (Å²) in [5.74, 6) is 1.13. The van der Waals surface area contributed by atoms with Crippen LogP contribution in [0, 0.1) is 9.49 Å². The van der Waals surface area contributed by atoms with Gasteiger partial charge < -0.3 is 4.90 Å². The number of hydrogen-bond acceptors (Lipinski definition) is 2. The Morgan fingerprint density at radius 3 is 2.58 bits per heavy atom. The first-order chi connectivity index (χ1) is 9.22. The number of piperazine rings is 1. The third-order valence-corrected chi connectivity index (χ3v) is 4.62. The molecule has 1 heterocycles. The van der Waals surface area contributed by atoms with E-state index in [1.54, 1.807) is 0 Å². The van der Waals surface area contributed by atoms with Crippen LogP contribution in [0.4, 0.5) is 0 Å². The molecule has 0 bridgehead atoms. The van der Waals surface area contributed by atoms with Gasteiger partial charge in [-0.1, -0.05) is 6.07 Å². The van der Waals surface area contributed by atoms with E-state index in [2.05, 4.69) is 27.5 Å². The fourth-order valence-electron chi connectivity index (χ4n) is 2.60. The highest BCUT2D eigenvalue weighted by Gasteiger charge is 2.27. The third kappa shape index (κ3) is 3.48. The second-order valence-corrected chi connectivity index (χ2v) is 6.79. The van der Waals surface area contributed by atoms with Crippen molar-refractivity contribution in [2.75, 3.05) is 32.7 Å². The zero-order valence-electron chi connectivity index (χ0n) is 11.0. The van der Waals surface area contributed by atoms with Crippen LogP contribution in [0.1, 0.15) is 23.2 Å². The Morgan fingerprint density at radius 1 is 1.21 bits per heavy atom. The molecule has 1 aliphatic heterocycles. The maximum atomic E-state index is 12.4. The normalized spacial score (nSPS) is 20.6. The Hall–Kier alpha value is -0.620. The van der Waals surface area contributed by atoms with Crippen molar-refractivity contribution in [3.8, 4) is 0 Å². The summed E-state index contributed by atoms with van der Waals surface area (Å²) in [7, 11) is 0. The second kappa shape index (κ2) is 5.79. The van der Waals surface area contributed by atoms with E-state index < -0.39 is 0 Å². The predicted octanol–water partition coefficient (Wildman–Crippen LogP) is 2.46. The number of rotatable bonds is 3. The summed E-state index contributed by atoms with van der Waals surface area (Å²) in [6.45, 7) is 5.05. The van der Waals surface area contributed by atoms with Gasteiger partial charge in [0.15, 0.2) is 0 Å². The molecule has 3 nitrogen and oxygen atoms in total. The lowest BCUT2D eigenvalue weighted by molar-refractivity contribution is 0.0632. The van der Waals surface area contributed by atoms with Crippen LogP contribution in [-0.4, -0.2) is 48.4 Å². The highest BCUT2D eigenvalue weighted by atomic mass is 127. The van der Waals surface area contributed by atoms with E-state index in [1.165, 1.54) is 19.4 Å². The summed E-state index contributed by atoms with van der Waals surface area (Å²) in [6, 6.07) is 7.86. The Morgan fingerprint density at radius 2 is 1.95 bits per heavy atom. The highest BCUT2D eigenvalue weighted by Crippen LogP contribution is 2.30. The van der Waals surface area contributed by atoms with Gasteiger partial charge in [-0.25, -0.2) is 0 Å². The van der Waals surface area contributed by atoms with Crippen molar-refractivity contribution in [2.45, 2.75) is 12.8 Å². The Bertz CT molecular complexity index is 465. The topological polar surface area (TPSA) is 23.6 Å². The van der Waals surface area contributed by atoms with Gasteiger partial charge in [0, 0.05) is 41.9 Å². The molecule has 19 heavy (non-hydrogen) atoms. The van der Waals surface area contributed by atoms with Crippen LogP contribution in [0.5, 0.6) is 0 Å². The van der Waals surface area contributed by atoms with Crippen LogP contribution in [0.2, 0.25) is 0 Å². The molecule has 1 saturated carbocycles. The summed E-state index contributed by atoms with van der Waals surface area (Å²) in [5.41, 5.74) is 0.822. The molecule has 1 amide bonds. The van der Waals surface area contributed by atoms with Crippen LogP contribution in [0.25, 0.3) is 0 Å². The van der Waals surface area contributed by atoms with E-state index in [0.29, 0.717) is 0 Å². The van der Waals surface area contributed by atoms with E-state index in [1.807, 2.05) is 29.2 Å². The fraction of sp³-hybridized carbons (Fsp3) is 0.533. The SMILES string of the molecule is O=C(c1cccc(I)c1)N1CCN(CC2CC2)CC1. The lowest BCUT2D eigenvalue weighted by Gasteiger charge is -2.34. The third-order valence-electron chi connectivity index (χ3n) is 3.94. The van der Waals surface area contributed by atoms with Gasteiger partial charge in [0.25, 0.3) is 5.91 Å². The predicted molar refractivity (Wildman–Crippen MR) is 84.2 cm³/mol. The van der Waals surface area contributed by atoms with Gasteiger partial charge in [0.2, 0.25) is 0 Å². The Labute approximate surface area is 128 Å². The molecule has 0 spiro atoms. The summed E-state index contributed by atoms with van der Waals surface area (Å²) in [4.78, 5) is 16.9. The first-order valence-corrected chi connectivity index (χ1v) is 8.07. The van der Waals surface area contributed by atoms with Crippen molar-refractivity contribution in [2.24, 2.45) is 5.92 Å². The van der Waals surface area contributed by atoms with E-state index in [4.69, 9.17) is 0 Å². The Balaban J connectivity index is 1.56. The standard InChI is InChI=1S/C15H19IN2O/c16-14-3-1-2-13(10-14)15(19)18-8-6-17(7-9-18)11-12-4-5-12/h1-3,10,12H,4-9,11H2. The smallest absolute Gasteiger partial charge is 0.253 e. The molecule has 1 saturated heterocycles. The van der Waals surface area contributed by atoms with E-state index in [9.17, 15) is 4.79 Å². The molecule has 2 fully saturated rings. The maximum absolute atomic E-state index is 12.4. The van der Waals surface area contributed by atoms with Crippen molar-refractivity contribution in [3.05, 3.63) is 33.4 Å². The molecular formula is C15H19IN2O. The number of nitrogens with zero attached hydrogens (tertiary/aromatic N) is 2. The first kappa shape index (κ1) is 13.4. The molecule has 0 aromatic heterocycles. The summed E-state index contributed by atoms with van der Waals surface area (Å²) < 4.78 is 1.12. The molecule has 3 rings (SSSR count). The number of carbonyl (C=O) groups is 1. The number of amides is 1. The molecule has 2 aliphatic rings. The van der Waals surface area contributed by atoms with Gasteiger partial charge in [-0.2, -0.15) is 0 Å². The summed E-state index contributed by atoms with van der Waals surface area (Å²) in [6.07, 6.45) is 2.81. The molecule has 102 valence electrons. The minimum Gasteiger partial charge on any atom is -0.336 e. The molecule has 0 N–H and O–H groups in total. The van der Waals surface area contributed by atoms with Crippen molar-refractivity contribution in [1.82, 2.24) is 9.80 Å². The minimum atomic E-state index is 0.185. The quantitative estimate of drug-likeness (QED) is 0.764. The van der Waals surface area contributed by atoms with Crippen LogP contribution in [0.15, 0.2) is 24.3 Å². The molecule has 0 radical (unpaired) electrons. The molecule has 0 unspecified atom stereocenters. The number of carbonyl (C=O) groups excluding carboxylic acids is 1. The molecule has 0 atom stereocenters. The fourth-order valence-corrected chi connectivity index (χ4v) is 3.15. The number of halogens is 1. The van der Waals surface area contributed by atoms with Gasteiger partial charge >= 0.3 is 0 Å². The van der Waals surface area contributed by atoms with Crippen LogP contribution in [-0.2, 0) is 0 Å². The van der Waals surface area contributed by atoms with Crippen molar-refractivity contribution < 1.29 is 4.79 Å². The number of benzene rings is 1. The lowest BCUT2D eigenvalue weighted by atomic mass is 10.2.